The van der Waals surface area contributed by atoms with Crippen molar-refractivity contribution in [1.82, 2.24) is 0 Å². The number of aliphatic hydroxyl groups is 1. The summed E-state index contributed by atoms with van der Waals surface area (Å²) in [4.78, 5) is 0. The van der Waals surface area contributed by atoms with Crippen molar-refractivity contribution in [2.75, 3.05) is 6.61 Å². The molecule has 0 bridgehead atoms. The number of ether oxygens (including phenoxy) is 1. The predicted molar refractivity (Wildman–Crippen MR) is 82.2 cm³/mol. The third-order valence-electron chi connectivity index (χ3n) is 3.24. The Morgan fingerprint density at radius 1 is 0.900 bits per heavy atom. The van der Waals surface area contributed by atoms with Gasteiger partial charge in [-0.1, -0.05) is 42.0 Å². The van der Waals surface area contributed by atoms with Crippen molar-refractivity contribution < 1.29 is 9.84 Å². The molecule has 0 heterocycles. The van der Waals surface area contributed by atoms with Crippen LogP contribution in [0.3, 0.4) is 0 Å². The second-order valence-corrected chi connectivity index (χ2v) is 5.29. The van der Waals surface area contributed by atoms with Crippen LogP contribution in [0.25, 0.3) is 0 Å². The van der Waals surface area contributed by atoms with E-state index in [2.05, 4.69) is 43.3 Å². The summed E-state index contributed by atoms with van der Waals surface area (Å²) in [6.45, 7) is 4.16. The van der Waals surface area contributed by atoms with E-state index in [1.165, 1.54) is 16.7 Å². The van der Waals surface area contributed by atoms with Gasteiger partial charge in [0, 0.05) is 0 Å². The first-order valence-electron chi connectivity index (χ1n) is 7.09. The maximum absolute atomic E-state index is 9.17. The third kappa shape index (κ3) is 4.71. The Kier molecular flexibility index (Phi) is 5.19. The first kappa shape index (κ1) is 14.6. The molecule has 1 atom stereocenters. The molecule has 2 rings (SSSR count). The van der Waals surface area contributed by atoms with Crippen molar-refractivity contribution in [3.8, 4) is 5.75 Å². The molecule has 2 heteroatoms. The normalized spacial score (nSPS) is 12.2. The van der Waals surface area contributed by atoms with Crippen LogP contribution in [0.15, 0.2) is 48.5 Å². The zero-order valence-electron chi connectivity index (χ0n) is 12.2. The highest BCUT2D eigenvalue weighted by molar-refractivity contribution is 5.28. The molecule has 0 saturated carbocycles. The van der Waals surface area contributed by atoms with Gasteiger partial charge in [-0.2, -0.15) is 0 Å². The van der Waals surface area contributed by atoms with Crippen molar-refractivity contribution in [1.29, 1.82) is 0 Å². The molecule has 0 amide bonds. The van der Waals surface area contributed by atoms with E-state index in [0.29, 0.717) is 6.61 Å². The second-order valence-electron chi connectivity index (χ2n) is 5.29. The monoisotopic (exact) mass is 270 g/mol. The Hall–Kier alpha value is -1.80. The number of hydrogen-bond acceptors (Lipinski definition) is 2. The largest absolute Gasteiger partial charge is 0.491 e. The summed E-state index contributed by atoms with van der Waals surface area (Å²) in [5.41, 5.74) is 3.97. The van der Waals surface area contributed by atoms with Gasteiger partial charge in [-0.05, 0) is 49.9 Å². The van der Waals surface area contributed by atoms with Crippen LogP contribution in [-0.2, 0) is 12.8 Å². The lowest BCUT2D eigenvalue weighted by molar-refractivity contribution is 0.122. The fourth-order valence-corrected chi connectivity index (χ4v) is 2.01. The van der Waals surface area contributed by atoms with Gasteiger partial charge in [0.15, 0.2) is 0 Å². The zero-order chi connectivity index (χ0) is 14.4. The molecule has 2 aromatic rings. The van der Waals surface area contributed by atoms with Gasteiger partial charge in [-0.25, -0.2) is 0 Å². The number of aryl methyl sites for hydroxylation is 3. The van der Waals surface area contributed by atoms with Crippen LogP contribution >= 0.6 is 0 Å². The molecule has 0 aliphatic carbocycles. The van der Waals surface area contributed by atoms with Crippen LogP contribution < -0.4 is 4.74 Å². The minimum atomic E-state index is -0.434. The highest BCUT2D eigenvalue weighted by Gasteiger charge is 2.00. The Labute approximate surface area is 121 Å². The summed E-state index contributed by atoms with van der Waals surface area (Å²) in [6, 6.07) is 16.8. The van der Waals surface area contributed by atoms with Crippen molar-refractivity contribution in [3.05, 3.63) is 65.2 Å². The standard InChI is InChI=1S/C18H22O2/c1-14-3-5-16(6-4-14)7-8-17-9-11-18(12-10-17)20-13-15(2)19/h3-6,9-12,15,19H,7-8,13H2,1-2H3. The number of hydrogen-bond donors (Lipinski definition) is 1. The van der Waals surface area contributed by atoms with Gasteiger partial charge in [0.2, 0.25) is 0 Å². The Bertz CT molecular complexity index is 512. The van der Waals surface area contributed by atoms with Gasteiger partial charge in [-0.3, -0.25) is 0 Å². The van der Waals surface area contributed by atoms with E-state index in [-0.39, 0.29) is 0 Å². The average Bonchev–Trinajstić information content (AvgIpc) is 2.45. The molecule has 2 aromatic carbocycles. The van der Waals surface area contributed by atoms with E-state index in [9.17, 15) is 5.11 Å². The van der Waals surface area contributed by atoms with Crippen LogP contribution in [-0.4, -0.2) is 17.8 Å². The van der Waals surface area contributed by atoms with Gasteiger partial charge >= 0.3 is 0 Å². The Balaban J connectivity index is 1.85. The van der Waals surface area contributed by atoms with E-state index in [1.54, 1.807) is 6.92 Å². The first-order chi connectivity index (χ1) is 9.63. The lowest BCUT2D eigenvalue weighted by Crippen LogP contribution is -2.12. The zero-order valence-corrected chi connectivity index (χ0v) is 12.2. The smallest absolute Gasteiger partial charge is 0.119 e. The third-order valence-corrected chi connectivity index (χ3v) is 3.24. The number of aliphatic hydroxyl groups excluding tert-OH is 1. The minimum absolute atomic E-state index is 0.336. The van der Waals surface area contributed by atoms with Crippen LogP contribution in [0.1, 0.15) is 23.6 Å². The van der Waals surface area contributed by atoms with E-state index in [4.69, 9.17) is 4.74 Å². The molecular weight excluding hydrogens is 248 g/mol. The van der Waals surface area contributed by atoms with E-state index < -0.39 is 6.10 Å². The molecule has 0 spiro atoms. The summed E-state index contributed by atoms with van der Waals surface area (Å²) < 4.78 is 5.45. The molecule has 2 nitrogen and oxygen atoms in total. The lowest BCUT2D eigenvalue weighted by Gasteiger charge is -2.09. The molecule has 0 fully saturated rings. The molecule has 0 radical (unpaired) electrons. The average molecular weight is 270 g/mol. The van der Waals surface area contributed by atoms with E-state index in [0.717, 1.165) is 18.6 Å². The minimum Gasteiger partial charge on any atom is -0.491 e. The molecule has 1 N–H and O–H groups in total. The van der Waals surface area contributed by atoms with Crippen LogP contribution in [0.2, 0.25) is 0 Å². The second kappa shape index (κ2) is 7.11. The van der Waals surface area contributed by atoms with Crippen molar-refractivity contribution >= 4 is 0 Å². The van der Waals surface area contributed by atoms with Crippen LogP contribution in [0, 0.1) is 6.92 Å². The van der Waals surface area contributed by atoms with Gasteiger partial charge in [-0.15, -0.1) is 0 Å². The fourth-order valence-electron chi connectivity index (χ4n) is 2.01. The lowest BCUT2D eigenvalue weighted by atomic mass is 10.0. The summed E-state index contributed by atoms with van der Waals surface area (Å²) >= 11 is 0. The summed E-state index contributed by atoms with van der Waals surface area (Å²) in [7, 11) is 0. The van der Waals surface area contributed by atoms with E-state index >= 15 is 0 Å². The first-order valence-corrected chi connectivity index (χ1v) is 7.09. The molecule has 106 valence electrons. The van der Waals surface area contributed by atoms with Crippen LogP contribution in [0.4, 0.5) is 0 Å². The number of benzene rings is 2. The maximum atomic E-state index is 9.17. The van der Waals surface area contributed by atoms with Crippen molar-refractivity contribution in [2.45, 2.75) is 32.8 Å². The predicted octanol–water partition coefficient (Wildman–Crippen LogP) is 3.54. The molecule has 1 unspecified atom stereocenters. The summed E-state index contributed by atoms with van der Waals surface area (Å²) in [5, 5.41) is 9.17. The molecule has 0 aliphatic heterocycles. The molecule has 0 saturated heterocycles. The molecular formula is C18H22O2. The Morgan fingerprint density at radius 2 is 1.40 bits per heavy atom. The molecule has 0 aliphatic rings. The number of rotatable bonds is 6. The van der Waals surface area contributed by atoms with Crippen molar-refractivity contribution in [2.24, 2.45) is 0 Å². The molecule has 0 aromatic heterocycles. The quantitative estimate of drug-likeness (QED) is 0.870. The maximum Gasteiger partial charge on any atom is 0.119 e. The highest BCUT2D eigenvalue weighted by Crippen LogP contribution is 2.14. The van der Waals surface area contributed by atoms with Crippen LogP contribution in [0.5, 0.6) is 5.75 Å². The topological polar surface area (TPSA) is 29.5 Å². The summed E-state index contributed by atoms with van der Waals surface area (Å²) in [5.74, 6) is 0.810. The fraction of sp³-hybridized carbons (Fsp3) is 0.333. The van der Waals surface area contributed by atoms with Gasteiger partial charge in [0.05, 0.1) is 6.10 Å². The van der Waals surface area contributed by atoms with Gasteiger partial charge in [0.1, 0.15) is 12.4 Å². The SMILES string of the molecule is Cc1ccc(CCc2ccc(OCC(C)O)cc2)cc1. The van der Waals surface area contributed by atoms with Gasteiger partial charge in [0.25, 0.3) is 0 Å². The van der Waals surface area contributed by atoms with Crippen molar-refractivity contribution in [3.63, 3.8) is 0 Å². The van der Waals surface area contributed by atoms with Gasteiger partial charge < -0.3 is 9.84 Å². The molecule has 20 heavy (non-hydrogen) atoms. The highest BCUT2D eigenvalue weighted by atomic mass is 16.5. The Morgan fingerprint density at radius 3 is 1.90 bits per heavy atom. The van der Waals surface area contributed by atoms with E-state index in [1.807, 2.05) is 12.1 Å². The summed E-state index contributed by atoms with van der Waals surface area (Å²) in [6.07, 6.45) is 1.64.